The third-order valence-electron chi connectivity index (χ3n) is 5.68. The van der Waals surface area contributed by atoms with Crippen LogP contribution in [0.3, 0.4) is 0 Å². The number of benzene rings is 2. The number of para-hydroxylation sites is 1. The first-order chi connectivity index (χ1) is 15.5. The summed E-state index contributed by atoms with van der Waals surface area (Å²) in [4.78, 5) is 24.8. The number of halogens is 1. The lowest BCUT2D eigenvalue weighted by Crippen LogP contribution is -2.24. The topological polar surface area (TPSA) is 76.9 Å². The highest BCUT2D eigenvalue weighted by Crippen LogP contribution is 2.39. The van der Waals surface area contributed by atoms with Gasteiger partial charge < -0.3 is 5.32 Å². The second-order valence-electron chi connectivity index (χ2n) is 7.95. The molecule has 166 valence electrons. The molecule has 8 heteroatoms. The zero-order valence-corrected chi connectivity index (χ0v) is 19.6. The molecule has 1 amide bonds. The van der Waals surface area contributed by atoms with Gasteiger partial charge in [-0.1, -0.05) is 60.5 Å². The van der Waals surface area contributed by atoms with E-state index in [1.807, 2.05) is 31.2 Å². The van der Waals surface area contributed by atoms with Crippen molar-refractivity contribution in [3.05, 3.63) is 59.1 Å². The fraction of sp³-hybridized carbons (Fsp3) is 0.333. The van der Waals surface area contributed by atoms with Crippen molar-refractivity contribution >= 4 is 40.7 Å². The van der Waals surface area contributed by atoms with Crippen LogP contribution in [0.2, 0.25) is 5.02 Å². The van der Waals surface area contributed by atoms with E-state index in [9.17, 15) is 9.59 Å². The second-order valence-corrected chi connectivity index (χ2v) is 9.66. The molecule has 2 aromatic carbocycles. The minimum atomic E-state index is -0.432. The number of hydrogen-bond donors (Lipinski definition) is 1. The molecular formula is C24H25ClN4O2S. The highest BCUT2D eigenvalue weighted by Gasteiger charge is 2.28. The summed E-state index contributed by atoms with van der Waals surface area (Å²) in [5.41, 5.74) is 1.85. The van der Waals surface area contributed by atoms with Crippen molar-refractivity contribution in [2.24, 2.45) is 0 Å². The Labute approximate surface area is 196 Å². The molecule has 1 saturated carbocycles. The molecule has 0 aliphatic heterocycles. The Morgan fingerprint density at radius 3 is 2.50 bits per heavy atom. The van der Waals surface area contributed by atoms with Crippen molar-refractivity contribution in [2.75, 3.05) is 5.32 Å². The van der Waals surface area contributed by atoms with E-state index in [0.29, 0.717) is 21.4 Å². The summed E-state index contributed by atoms with van der Waals surface area (Å²) in [5.74, 6) is 0.454. The summed E-state index contributed by atoms with van der Waals surface area (Å²) in [5, 5.41) is 12.7. The third-order valence-corrected chi connectivity index (χ3v) is 7.07. The summed E-state index contributed by atoms with van der Waals surface area (Å²) in [6, 6.07) is 14.9. The molecule has 0 saturated heterocycles. The van der Waals surface area contributed by atoms with Crippen molar-refractivity contribution in [1.82, 2.24) is 14.8 Å². The molecule has 3 aromatic rings. The third kappa shape index (κ3) is 4.74. The quantitative estimate of drug-likeness (QED) is 0.338. The number of anilines is 1. The normalized spacial score (nSPS) is 15.0. The zero-order chi connectivity index (χ0) is 22.7. The van der Waals surface area contributed by atoms with Crippen LogP contribution in [0.4, 0.5) is 5.69 Å². The first-order valence-corrected chi connectivity index (χ1v) is 12.0. The van der Waals surface area contributed by atoms with E-state index in [4.69, 9.17) is 11.6 Å². The van der Waals surface area contributed by atoms with Crippen molar-refractivity contribution in [3.8, 4) is 11.4 Å². The standard InChI is InChI=1S/C24H25ClN4O2S/c1-15(30)18-11-6-8-14-21(18)26-23(31)16(2)32-24-28-27-22(19-12-5-7-13-20(19)25)29(24)17-9-3-4-10-17/h5-8,11-14,16-17H,3-4,9-10H2,1-2H3,(H,26,31). The molecule has 1 unspecified atom stereocenters. The van der Waals surface area contributed by atoms with Crippen molar-refractivity contribution in [3.63, 3.8) is 0 Å². The average Bonchev–Trinajstić information content (AvgIpc) is 3.44. The number of aromatic nitrogens is 3. The van der Waals surface area contributed by atoms with E-state index in [1.165, 1.54) is 18.7 Å². The maximum atomic E-state index is 12.9. The zero-order valence-electron chi connectivity index (χ0n) is 18.0. The molecule has 4 rings (SSSR count). The molecule has 6 nitrogen and oxygen atoms in total. The van der Waals surface area contributed by atoms with E-state index in [0.717, 1.165) is 37.1 Å². The minimum absolute atomic E-state index is 0.0911. The highest BCUT2D eigenvalue weighted by atomic mass is 35.5. The number of ketones is 1. The number of amides is 1. The molecule has 1 aromatic heterocycles. The van der Waals surface area contributed by atoms with E-state index < -0.39 is 5.25 Å². The molecule has 1 N–H and O–H groups in total. The van der Waals surface area contributed by atoms with Gasteiger partial charge in [-0.3, -0.25) is 14.2 Å². The molecule has 1 heterocycles. The Morgan fingerprint density at radius 1 is 1.09 bits per heavy atom. The van der Waals surface area contributed by atoms with Crippen LogP contribution < -0.4 is 5.32 Å². The summed E-state index contributed by atoms with van der Waals surface area (Å²) >= 11 is 7.82. The Balaban J connectivity index is 1.59. The van der Waals surface area contributed by atoms with E-state index in [2.05, 4.69) is 20.1 Å². The predicted molar refractivity (Wildman–Crippen MR) is 128 cm³/mol. The number of hydrogen-bond acceptors (Lipinski definition) is 5. The molecule has 1 aliphatic rings. The van der Waals surface area contributed by atoms with E-state index >= 15 is 0 Å². The molecule has 0 radical (unpaired) electrons. The van der Waals surface area contributed by atoms with E-state index in [1.54, 1.807) is 24.3 Å². The lowest BCUT2D eigenvalue weighted by atomic mass is 10.1. The second kappa shape index (κ2) is 9.88. The number of rotatable bonds is 7. The van der Waals surface area contributed by atoms with Crippen molar-refractivity contribution < 1.29 is 9.59 Å². The van der Waals surface area contributed by atoms with Crippen LogP contribution in [0.5, 0.6) is 0 Å². The molecule has 1 atom stereocenters. The van der Waals surface area contributed by atoms with Gasteiger partial charge in [-0.25, -0.2) is 0 Å². The lowest BCUT2D eigenvalue weighted by molar-refractivity contribution is -0.115. The summed E-state index contributed by atoms with van der Waals surface area (Å²) in [6.07, 6.45) is 4.42. The van der Waals surface area contributed by atoms with E-state index in [-0.39, 0.29) is 17.7 Å². The van der Waals surface area contributed by atoms with Gasteiger partial charge in [-0.2, -0.15) is 0 Å². The first kappa shape index (κ1) is 22.6. The largest absolute Gasteiger partial charge is 0.324 e. The fourth-order valence-electron chi connectivity index (χ4n) is 4.02. The number of nitrogens with zero attached hydrogens (tertiary/aromatic N) is 3. The summed E-state index contributed by atoms with van der Waals surface area (Å²) in [7, 11) is 0. The van der Waals surface area contributed by atoms with Crippen molar-refractivity contribution in [1.29, 1.82) is 0 Å². The smallest absolute Gasteiger partial charge is 0.237 e. The molecule has 0 spiro atoms. The van der Waals surface area contributed by atoms with Crippen LogP contribution in [0.25, 0.3) is 11.4 Å². The van der Waals surface area contributed by atoms with Gasteiger partial charge in [0, 0.05) is 17.2 Å². The number of carbonyl (C=O) groups excluding carboxylic acids is 2. The Bertz CT molecular complexity index is 1140. The van der Waals surface area contributed by atoms with Gasteiger partial charge in [0.2, 0.25) is 5.91 Å². The van der Waals surface area contributed by atoms with Gasteiger partial charge in [0.1, 0.15) is 0 Å². The van der Waals surface area contributed by atoms with Crippen molar-refractivity contribution in [2.45, 2.75) is 56.0 Å². The first-order valence-electron chi connectivity index (χ1n) is 10.7. The summed E-state index contributed by atoms with van der Waals surface area (Å²) < 4.78 is 2.15. The van der Waals surface area contributed by atoms with Crippen LogP contribution in [0.15, 0.2) is 53.7 Å². The minimum Gasteiger partial charge on any atom is -0.324 e. The van der Waals surface area contributed by atoms with Gasteiger partial charge in [0.25, 0.3) is 0 Å². The Hall–Kier alpha value is -2.64. The average molecular weight is 469 g/mol. The molecule has 1 aliphatic carbocycles. The van der Waals surface area contributed by atoms with Gasteiger partial charge in [0.15, 0.2) is 16.8 Å². The van der Waals surface area contributed by atoms with Crippen LogP contribution in [-0.2, 0) is 4.79 Å². The Morgan fingerprint density at radius 2 is 1.78 bits per heavy atom. The number of Topliss-reactive ketones (excluding diaryl/α,β-unsaturated/α-hetero) is 1. The Kier molecular flexibility index (Phi) is 6.96. The highest BCUT2D eigenvalue weighted by molar-refractivity contribution is 8.00. The van der Waals surface area contributed by atoms with Gasteiger partial charge in [-0.15, -0.1) is 10.2 Å². The predicted octanol–water partition coefficient (Wildman–Crippen LogP) is 6.04. The number of carbonyl (C=O) groups is 2. The fourth-order valence-corrected chi connectivity index (χ4v) is 5.16. The van der Waals surface area contributed by atoms with Crippen LogP contribution in [0.1, 0.15) is 55.9 Å². The SMILES string of the molecule is CC(=O)c1ccccc1NC(=O)C(C)Sc1nnc(-c2ccccc2Cl)n1C1CCCC1. The number of thioether (sulfide) groups is 1. The number of nitrogens with one attached hydrogen (secondary N) is 1. The molecule has 32 heavy (non-hydrogen) atoms. The van der Waals surface area contributed by atoms with Crippen LogP contribution in [-0.4, -0.2) is 31.7 Å². The maximum Gasteiger partial charge on any atom is 0.237 e. The molecular weight excluding hydrogens is 444 g/mol. The maximum absolute atomic E-state index is 12.9. The van der Waals surface area contributed by atoms with Crippen LogP contribution >= 0.6 is 23.4 Å². The van der Waals surface area contributed by atoms with Crippen LogP contribution in [0, 0.1) is 0 Å². The summed E-state index contributed by atoms with van der Waals surface area (Å²) in [6.45, 7) is 3.32. The van der Waals surface area contributed by atoms with Gasteiger partial charge in [-0.05, 0) is 51.0 Å². The van der Waals surface area contributed by atoms with Gasteiger partial charge >= 0.3 is 0 Å². The lowest BCUT2D eigenvalue weighted by Gasteiger charge is -2.19. The molecule has 0 bridgehead atoms. The van der Waals surface area contributed by atoms with Gasteiger partial charge in [0.05, 0.1) is 16.0 Å². The molecule has 1 fully saturated rings. The monoisotopic (exact) mass is 468 g/mol.